The average Bonchev–Trinajstić information content (AvgIpc) is 2.79. The molecule has 2 rings (SSSR count). The minimum Gasteiger partial charge on any atom is -0.497 e. The van der Waals surface area contributed by atoms with Crippen molar-refractivity contribution in [1.29, 1.82) is 0 Å². The van der Waals surface area contributed by atoms with Crippen LogP contribution in [0.4, 0.5) is 0 Å². The number of aryl methyl sites for hydroxylation is 1. The maximum absolute atomic E-state index is 11.2. The molecule has 0 bridgehead atoms. The number of nitrogens with zero attached hydrogens (tertiary/aromatic N) is 1. The molecule has 100 valence electrons. The Balaban J connectivity index is 2.31. The van der Waals surface area contributed by atoms with Gasteiger partial charge in [0.25, 0.3) is 0 Å². The van der Waals surface area contributed by atoms with E-state index in [1.165, 1.54) is 7.11 Å². The number of imidazole rings is 1. The zero-order valence-corrected chi connectivity index (χ0v) is 11.2. The van der Waals surface area contributed by atoms with Crippen molar-refractivity contribution >= 4 is 5.97 Å². The molecule has 0 aliphatic carbocycles. The summed E-state index contributed by atoms with van der Waals surface area (Å²) in [5.74, 6) is 1.06. The van der Waals surface area contributed by atoms with Gasteiger partial charge >= 0.3 is 5.97 Å². The second-order valence-electron chi connectivity index (χ2n) is 4.14. The standard InChI is InChI=1S/C14H16N2O3/c1-9-14(10-5-4-6-11(7-10)18-2)16-12(15-9)8-13(17)19-3/h4-7H,8H2,1-3H3,(H,15,16). The van der Waals surface area contributed by atoms with Gasteiger partial charge < -0.3 is 14.5 Å². The van der Waals surface area contributed by atoms with Crippen LogP contribution in [0.15, 0.2) is 24.3 Å². The van der Waals surface area contributed by atoms with Crippen molar-refractivity contribution in [3.05, 3.63) is 35.8 Å². The van der Waals surface area contributed by atoms with Crippen molar-refractivity contribution in [2.75, 3.05) is 14.2 Å². The highest BCUT2D eigenvalue weighted by molar-refractivity contribution is 5.72. The molecule has 0 aliphatic heterocycles. The fourth-order valence-corrected chi connectivity index (χ4v) is 1.87. The number of carbonyl (C=O) groups excluding carboxylic acids is 1. The molecule has 0 radical (unpaired) electrons. The number of hydrogen-bond acceptors (Lipinski definition) is 4. The van der Waals surface area contributed by atoms with E-state index in [1.54, 1.807) is 7.11 Å². The third kappa shape index (κ3) is 2.93. The monoisotopic (exact) mass is 260 g/mol. The van der Waals surface area contributed by atoms with Gasteiger partial charge in [-0.25, -0.2) is 4.98 Å². The van der Waals surface area contributed by atoms with E-state index in [9.17, 15) is 4.79 Å². The van der Waals surface area contributed by atoms with Crippen molar-refractivity contribution in [2.24, 2.45) is 0 Å². The quantitative estimate of drug-likeness (QED) is 0.855. The molecular weight excluding hydrogens is 244 g/mol. The third-order valence-corrected chi connectivity index (χ3v) is 2.82. The van der Waals surface area contributed by atoms with E-state index < -0.39 is 0 Å². The molecule has 0 atom stereocenters. The maximum atomic E-state index is 11.2. The Morgan fingerprint density at radius 3 is 2.84 bits per heavy atom. The summed E-state index contributed by atoms with van der Waals surface area (Å²) in [7, 11) is 2.99. The molecule has 5 heteroatoms. The van der Waals surface area contributed by atoms with Crippen LogP contribution in [-0.2, 0) is 16.0 Å². The van der Waals surface area contributed by atoms with Crippen LogP contribution >= 0.6 is 0 Å². The number of methoxy groups -OCH3 is 2. The van der Waals surface area contributed by atoms with Gasteiger partial charge in [-0.3, -0.25) is 4.79 Å². The number of aromatic amines is 1. The summed E-state index contributed by atoms with van der Waals surface area (Å²) in [6.45, 7) is 1.92. The smallest absolute Gasteiger partial charge is 0.313 e. The van der Waals surface area contributed by atoms with E-state index in [0.29, 0.717) is 5.82 Å². The highest BCUT2D eigenvalue weighted by Crippen LogP contribution is 2.25. The number of esters is 1. The first kappa shape index (κ1) is 13.1. The van der Waals surface area contributed by atoms with E-state index in [0.717, 1.165) is 22.7 Å². The topological polar surface area (TPSA) is 64.2 Å². The maximum Gasteiger partial charge on any atom is 0.313 e. The zero-order valence-electron chi connectivity index (χ0n) is 11.2. The number of hydrogen-bond donors (Lipinski definition) is 1. The first-order valence-electron chi connectivity index (χ1n) is 5.90. The van der Waals surface area contributed by atoms with Crippen molar-refractivity contribution < 1.29 is 14.3 Å². The Labute approximate surface area is 111 Å². The SMILES string of the molecule is COC(=O)Cc1nc(-c2cccc(OC)c2)c(C)[nH]1. The minimum absolute atomic E-state index is 0.140. The van der Waals surface area contributed by atoms with Gasteiger partial charge in [0, 0.05) is 11.3 Å². The molecule has 1 heterocycles. The lowest BCUT2D eigenvalue weighted by atomic mass is 10.1. The van der Waals surface area contributed by atoms with Gasteiger partial charge in [-0.15, -0.1) is 0 Å². The van der Waals surface area contributed by atoms with Crippen LogP contribution in [0.25, 0.3) is 11.3 Å². The van der Waals surface area contributed by atoms with Gasteiger partial charge in [0.2, 0.25) is 0 Å². The van der Waals surface area contributed by atoms with Crippen LogP contribution in [0, 0.1) is 6.92 Å². The summed E-state index contributed by atoms with van der Waals surface area (Å²) < 4.78 is 9.82. The molecule has 0 amide bonds. The molecule has 0 spiro atoms. The Bertz CT molecular complexity index is 590. The molecule has 0 fully saturated rings. The lowest BCUT2D eigenvalue weighted by molar-refractivity contribution is -0.139. The van der Waals surface area contributed by atoms with Gasteiger partial charge in [0.15, 0.2) is 0 Å². The Morgan fingerprint density at radius 2 is 2.16 bits per heavy atom. The summed E-state index contributed by atoms with van der Waals surface area (Å²) >= 11 is 0. The third-order valence-electron chi connectivity index (χ3n) is 2.82. The van der Waals surface area contributed by atoms with Crippen molar-refractivity contribution in [3.8, 4) is 17.0 Å². The number of nitrogens with one attached hydrogen (secondary N) is 1. The molecule has 19 heavy (non-hydrogen) atoms. The second-order valence-corrected chi connectivity index (χ2v) is 4.14. The Hall–Kier alpha value is -2.30. The summed E-state index contributed by atoms with van der Waals surface area (Å²) in [6, 6.07) is 7.64. The Morgan fingerprint density at radius 1 is 1.37 bits per heavy atom. The van der Waals surface area contributed by atoms with Crippen LogP contribution < -0.4 is 4.74 Å². The number of ether oxygens (including phenoxy) is 2. The highest BCUT2D eigenvalue weighted by Gasteiger charge is 2.12. The van der Waals surface area contributed by atoms with E-state index in [-0.39, 0.29) is 12.4 Å². The minimum atomic E-state index is -0.314. The molecule has 5 nitrogen and oxygen atoms in total. The molecular formula is C14H16N2O3. The molecule has 0 aliphatic rings. The first-order chi connectivity index (χ1) is 9.13. The van der Waals surface area contributed by atoms with Crippen molar-refractivity contribution in [1.82, 2.24) is 9.97 Å². The predicted octanol–water partition coefficient (Wildman–Crippen LogP) is 2.11. The van der Waals surface area contributed by atoms with Gasteiger partial charge in [-0.05, 0) is 19.1 Å². The number of benzene rings is 1. The number of rotatable bonds is 4. The molecule has 2 aromatic rings. The number of carbonyl (C=O) groups is 1. The van der Waals surface area contributed by atoms with Gasteiger partial charge in [-0.2, -0.15) is 0 Å². The molecule has 1 N–H and O–H groups in total. The van der Waals surface area contributed by atoms with E-state index in [2.05, 4.69) is 14.7 Å². The summed E-state index contributed by atoms with van der Waals surface area (Å²) in [5.41, 5.74) is 2.68. The van der Waals surface area contributed by atoms with Crippen molar-refractivity contribution in [2.45, 2.75) is 13.3 Å². The predicted molar refractivity (Wildman–Crippen MR) is 71.0 cm³/mol. The van der Waals surface area contributed by atoms with Gasteiger partial charge in [0.1, 0.15) is 18.0 Å². The fourth-order valence-electron chi connectivity index (χ4n) is 1.87. The normalized spacial score (nSPS) is 10.3. The molecule has 0 saturated heterocycles. The number of H-pyrrole nitrogens is 1. The summed E-state index contributed by atoms with van der Waals surface area (Å²) in [5, 5.41) is 0. The van der Waals surface area contributed by atoms with Crippen LogP contribution in [-0.4, -0.2) is 30.2 Å². The largest absolute Gasteiger partial charge is 0.497 e. The summed E-state index contributed by atoms with van der Waals surface area (Å²) in [6.07, 6.45) is 0.140. The molecule has 0 saturated carbocycles. The molecule has 1 aromatic carbocycles. The van der Waals surface area contributed by atoms with E-state index in [1.807, 2.05) is 31.2 Å². The second kappa shape index (κ2) is 5.56. The molecule has 1 aromatic heterocycles. The van der Waals surface area contributed by atoms with Crippen LogP contribution in [0.1, 0.15) is 11.5 Å². The number of aromatic nitrogens is 2. The summed E-state index contributed by atoms with van der Waals surface area (Å²) in [4.78, 5) is 18.8. The lowest BCUT2D eigenvalue weighted by Gasteiger charge is -2.02. The fraction of sp³-hybridized carbons (Fsp3) is 0.286. The van der Waals surface area contributed by atoms with Crippen LogP contribution in [0.2, 0.25) is 0 Å². The van der Waals surface area contributed by atoms with E-state index >= 15 is 0 Å². The van der Waals surface area contributed by atoms with Crippen LogP contribution in [0.3, 0.4) is 0 Å². The van der Waals surface area contributed by atoms with E-state index in [4.69, 9.17) is 4.74 Å². The highest BCUT2D eigenvalue weighted by atomic mass is 16.5. The Kier molecular flexibility index (Phi) is 3.85. The first-order valence-corrected chi connectivity index (χ1v) is 5.90. The molecule has 0 unspecified atom stereocenters. The average molecular weight is 260 g/mol. The zero-order chi connectivity index (χ0) is 13.8. The van der Waals surface area contributed by atoms with Gasteiger partial charge in [-0.1, -0.05) is 12.1 Å². The lowest BCUT2D eigenvalue weighted by Crippen LogP contribution is -2.05. The van der Waals surface area contributed by atoms with Crippen molar-refractivity contribution in [3.63, 3.8) is 0 Å². The van der Waals surface area contributed by atoms with Crippen LogP contribution in [0.5, 0.6) is 5.75 Å². The van der Waals surface area contributed by atoms with Gasteiger partial charge in [0.05, 0.1) is 19.9 Å².